The summed E-state index contributed by atoms with van der Waals surface area (Å²) in [5.41, 5.74) is 5.44. The highest BCUT2D eigenvalue weighted by molar-refractivity contribution is 8.00. The first-order valence-corrected chi connectivity index (χ1v) is 14.6. The number of unbranched alkanes of at least 4 members (excludes halogenated alkanes) is 2. The zero-order valence-corrected chi connectivity index (χ0v) is 24.3. The van der Waals surface area contributed by atoms with E-state index in [1.54, 1.807) is 0 Å². The van der Waals surface area contributed by atoms with Gasteiger partial charge in [-0.05, 0) is 32.1 Å². The van der Waals surface area contributed by atoms with E-state index < -0.39 is 48.4 Å². The summed E-state index contributed by atoms with van der Waals surface area (Å²) in [5, 5.41) is 30.9. The largest absolute Gasteiger partial charge is 0.481 e. The lowest BCUT2D eigenvalue weighted by atomic mass is 10.1. The number of carboxylic acids is 3. The number of aliphatic carboxylic acids is 3. The van der Waals surface area contributed by atoms with E-state index in [1.165, 1.54) is 11.8 Å². The molecule has 0 aliphatic rings. The molecule has 0 spiro atoms. The van der Waals surface area contributed by atoms with Crippen LogP contribution in [0.25, 0.3) is 0 Å². The summed E-state index contributed by atoms with van der Waals surface area (Å²) in [6.07, 6.45) is 14.9. The van der Waals surface area contributed by atoms with Crippen LogP contribution in [0.4, 0.5) is 0 Å². The summed E-state index contributed by atoms with van der Waals surface area (Å²) in [6.45, 7) is 1.39. The molecular formula is C28H43N3O9S. The molecule has 0 rings (SSSR count). The highest BCUT2D eigenvalue weighted by atomic mass is 32.2. The molecule has 0 aromatic heterocycles. The Hall–Kier alpha value is -3.45. The van der Waals surface area contributed by atoms with Gasteiger partial charge in [0.2, 0.25) is 11.8 Å². The van der Waals surface area contributed by atoms with Crippen molar-refractivity contribution in [3.05, 3.63) is 36.5 Å². The number of amides is 2. The van der Waals surface area contributed by atoms with E-state index in [2.05, 4.69) is 10.6 Å². The zero-order chi connectivity index (χ0) is 31.0. The highest BCUT2D eigenvalue weighted by Crippen LogP contribution is 2.20. The summed E-state index contributed by atoms with van der Waals surface area (Å²) in [7, 11) is 0. The maximum Gasteiger partial charge on any atom is 0.322 e. The molecule has 0 fully saturated rings. The number of hydrogen-bond donors (Lipinski definition) is 6. The topological polar surface area (TPSA) is 213 Å². The van der Waals surface area contributed by atoms with E-state index in [-0.39, 0.29) is 48.9 Å². The molecule has 7 N–H and O–H groups in total. The number of allylic oxidation sites excluding steroid dienone is 5. The van der Waals surface area contributed by atoms with Crippen LogP contribution in [0.5, 0.6) is 0 Å². The number of nitrogens with two attached hydrogens (primary N) is 1. The Morgan fingerprint density at radius 2 is 1.61 bits per heavy atom. The van der Waals surface area contributed by atoms with E-state index in [4.69, 9.17) is 21.1 Å². The minimum absolute atomic E-state index is 0.0118. The van der Waals surface area contributed by atoms with E-state index >= 15 is 0 Å². The predicted molar refractivity (Wildman–Crippen MR) is 156 cm³/mol. The van der Waals surface area contributed by atoms with Gasteiger partial charge in [0.25, 0.3) is 0 Å². The predicted octanol–water partition coefficient (Wildman–Crippen LogP) is 2.43. The van der Waals surface area contributed by atoms with Crippen LogP contribution in [0.2, 0.25) is 0 Å². The Morgan fingerprint density at radius 1 is 0.902 bits per heavy atom. The molecule has 41 heavy (non-hydrogen) atoms. The minimum atomic E-state index is -1.26. The summed E-state index contributed by atoms with van der Waals surface area (Å²) >= 11 is 1.25. The Kier molecular flexibility index (Phi) is 21.3. The van der Waals surface area contributed by atoms with Crippen molar-refractivity contribution in [1.82, 2.24) is 10.6 Å². The molecule has 0 aromatic rings. The molecule has 2 amide bonds. The molecular weight excluding hydrogens is 554 g/mol. The van der Waals surface area contributed by atoms with Crippen molar-refractivity contribution in [2.75, 3.05) is 12.3 Å². The molecule has 13 heteroatoms. The van der Waals surface area contributed by atoms with Gasteiger partial charge in [0, 0.05) is 36.7 Å². The molecule has 1 unspecified atom stereocenters. The molecule has 0 aliphatic carbocycles. The van der Waals surface area contributed by atoms with Crippen molar-refractivity contribution >= 4 is 47.3 Å². The molecule has 0 bridgehead atoms. The first-order valence-electron chi connectivity index (χ1n) is 13.5. The van der Waals surface area contributed by atoms with Crippen molar-refractivity contribution in [2.45, 2.75) is 88.5 Å². The molecule has 0 radical (unpaired) electrons. The number of hydrogen-bond acceptors (Lipinski definition) is 8. The fourth-order valence-corrected chi connectivity index (χ4v) is 4.45. The number of nitrogens with one attached hydrogen (secondary N) is 2. The molecule has 0 aromatic carbocycles. The minimum Gasteiger partial charge on any atom is -0.481 e. The molecule has 0 saturated heterocycles. The Labute approximate surface area is 244 Å². The second-order valence-electron chi connectivity index (χ2n) is 9.22. The maximum atomic E-state index is 12.6. The third-order valence-corrected chi connectivity index (χ3v) is 6.77. The lowest BCUT2D eigenvalue weighted by Gasteiger charge is -2.20. The van der Waals surface area contributed by atoms with Gasteiger partial charge in [0.1, 0.15) is 24.4 Å². The van der Waals surface area contributed by atoms with E-state index in [9.17, 15) is 28.8 Å². The third-order valence-electron chi connectivity index (χ3n) is 5.49. The van der Waals surface area contributed by atoms with E-state index in [0.717, 1.165) is 12.8 Å². The van der Waals surface area contributed by atoms with Gasteiger partial charge in [0.15, 0.2) is 0 Å². The summed E-state index contributed by atoms with van der Waals surface area (Å²) in [6, 6.07) is -2.37. The fraction of sp³-hybridized carbons (Fsp3) is 0.571. The van der Waals surface area contributed by atoms with Gasteiger partial charge in [-0.1, -0.05) is 49.8 Å². The van der Waals surface area contributed by atoms with Crippen LogP contribution >= 0.6 is 11.8 Å². The summed E-state index contributed by atoms with van der Waals surface area (Å²) < 4.78 is 0. The lowest BCUT2D eigenvalue weighted by Crippen LogP contribution is -2.49. The first kappa shape index (κ1) is 37.6. The average molecular weight is 598 g/mol. The number of carbonyl (C=O) groups is 6. The Morgan fingerprint density at radius 3 is 2.24 bits per heavy atom. The average Bonchev–Trinajstić information content (AvgIpc) is 2.91. The normalized spacial score (nSPS) is 13.7. The van der Waals surface area contributed by atoms with Crippen LogP contribution in [-0.4, -0.2) is 80.5 Å². The van der Waals surface area contributed by atoms with E-state index in [1.807, 2.05) is 43.4 Å². The van der Waals surface area contributed by atoms with Crippen molar-refractivity contribution < 1.29 is 44.1 Å². The molecule has 0 heterocycles. The second kappa shape index (κ2) is 23.3. The van der Waals surface area contributed by atoms with Crippen LogP contribution in [0.3, 0.4) is 0 Å². The van der Waals surface area contributed by atoms with Crippen molar-refractivity contribution in [1.29, 1.82) is 0 Å². The van der Waals surface area contributed by atoms with E-state index in [0.29, 0.717) is 19.3 Å². The van der Waals surface area contributed by atoms with Gasteiger partial charge in [-0.3, -0.25) is 28.8 Å². The standard InChI is InChI=1S/C28H43N3O9S/c1-2-3-4-9-12-20(32)17-21(13-10-7-5-6-8-11-14-25(34)35)41-19-23(27(38)30-18-26(36)37)31-24(33)16-15-22(29)28(39)40/h4-6,9-10,13,21-23H,2-3,7-8,11-12,14-19,29H2,1H3,(H,30,38)(H,31,33)(H,34,35)(H,36,37)(H,39,40)/b6-5-,9-4-,13-10-/t21?,22-,23-/m0/s1. The van der Waals surface area contributed by atoms with Gasteiger partial charge in [-0.2, -0.15) is 11.8 Å². The van der Waals surface area contributed by atoms with Crippen molar-refractivity contribution in [3.63, 3.8) is 0 Å². The number of rotatable bonds is 24. The van der Waals surface area contributed by atoms with Crippen LogP contribution in [-0.2, 0) is 28.8 Å². The van der Waals surface area contributed by atoms with Crippen LogP contribution in [0.15, 0.2) is 36.5 Å². The van der Waals surface area contributed by atoms with Gasteiger partial charge in [-0.25, -0.2) is 0 Å². The molecule has 12 nitrogen and oxygen atoms in total. The number of Topliss-reactive ketones (excluding diaryl/α,β-unsaturated/α-hetero) is 1. The lowest BCUT2D eigenvalue weighted by molar-refractivity contribution is -0.139. The fourth-order valence-electron chi connectivity index (χ4n) is 3.25. The third kappa shape index (κ3) is 22.0. The zero-order valence-electron chi connectivity index (χ0n) is 23.5. The summed E-state index contributed by atoms with van der Waals surface area (Å²) in [4.78, 5) is 70.0. The van der Waals surface area contributed by atoms with Crippen molar-refractivity contribution in [3.8, 4) is 0 Å². The number of ketones is 1. The monoisotopic (exact) mass is 597 g/mol. The van der Waals surface area contributed by atoms with Crippen LogP contribution in [0.1, 0.15) is 71.1 Å². The highest BCUT2D eigenvalue weighted by Gasteiger charge is 2.24. The SMILES string of the molecule is CCC/C=C\CC(=O)CC(/C=C\C/C=C\CCCC(=O)O)SC[C@H](NC(=O)CC[C@H](N)C(=O)O)C(=O)NCC(=O)O. The Balaban J connectivity index is 5.38. The quantitative estimate of drug-likeness (QED) is 0.0702. The maximum absolute atomic E-state index is 12.6. The Bertz CT molecular complexity index is 950. The molecule has 0 aliphatic heterocycles. The van der Waals surface area contributed by atoms with Gasteiger partial charge >= 0.3 is 17.9 Å². The number of carbonyl (C=O) groups excluding carboxylic acids is 3. The number of thioether (sulfide) groups is 1. The van der Waals surface area contributed by atoms with Crippen LogP contribution in [0, 0.1) is 0 Å². The van der Waals surface area contributed by atoms with Crippen LogP contribution < -0.4 is 16.4 Å². The summed E-state index contributed by atoms with van der Waals surface area (Å²) in [5.74, 6) is -4.69. The van der Waals surface area contributed by atoms with Gasteiger partial charge in [-0.15, -0.1) is 0 Å². The first-order chi connectivity index (χ1) is 19.5. The smallest absolute Gasteiger partial charge is 0.322 e. The molecule has 0 saturated carbocycles. The number of carboxylic acid groups (broad SMARTS) is 3. The second-order valence-corrected chi connectivity index (χ2v) is 10.5. The molecule has 230 valence electrons. The molecule has 3 atom stereocenters. The van der Waals surface area contributed by atoms with Crippen molar-refractivity contribution in [2.24, 2.45) is 5.73 Å². The van der Waals surface area contributed by atoms with Gasteiger partial charge in [0.05, 0.1) is 0 Å². The van der Waals surface area contributed by atoms with Gasteiger partial charge < -0.3 is 31.7 Å².